The van der Waals surface area contributed by atoms with E-state index in [0.717, 1.165) is 44.5 Å². The molecule has 34 heavy (non-hydrogen) atoms. The lowest BCUT2D eigenvalue weighted by Gasteiger charge is -2.39. The van der Waals surface area contributed by atoms with Crippen molar-refractivity contribution in [2.45, 2.75) is 31.8 Å². The van der Waals surface area contributed by atoms with Gasteiger partial charge in [-0.2, -0.15) is 5.26 Å². The van der Waals surface area contributed by atoms with E-state index in [2.05, 4.69) is 34.1 Å². The number of hydrogen-bond donors (Lipinski definition) is 0. The molecule has 174 valence electrons. The van der Waals surface area contributed by atoms with Gasteiger partial charge in [0.2, 0.25) is 0 Å². The number of rotatable bonds is 8. The Kier molecular flexibility index (Phi) is 7.95. The first-order valence-electron chi connectivity index (χ1n) is 11.9. The molecule has 1 aliphatic rings. The average Bonchev–Trinajstić information content (AvgIpc) is 2.90. The van der Waals surface area contributed by atoms with Crippen LogP contribution in [0.5, 0.6) is 5.75 Å². The maximum atomic E-state index is 13.6. The summed E-state index contributed by atoms with van der Waals surface area (Å²) in [6, 6.07) is 28.0. The lowest BCUT2D eigenvalue weighted by Crippen LogP contribution is -2.48. The molecule has 1 aliphatic heterocycles. The van der Waals surface area contributed by atoms with Crippen LogP contribution in [0.1, 0.15) is 39.9 Å². The molecule has 0 bridgehead atoms. The summed E-state index contributed by atoms with van der Waals surface area (Å²) >= 11 is 0. The van der Waals surface area contributed by atoms with Gasteiger partial charge in [-0.05, 0) is 60.7 Å². The first-order valence-corrected chi connectivity index (χ1v) is 11.9. The molecule has 1 saturated heterocycles. The molecule has 5 heteroatoms. The van der Waals surface area contributed by atoms with E-state index in [9.17, 15) is 4.79 Å². The topological polar surface area (TPSA) is 56.6 Å². The van der Waals surface area contributed by atoms with Crippen molar-refractivity contribution in [3.05, 3.63) is 101 Å². The highest BCUT2D eigenvalue weighted by Gasteiger charge is 2.28. The summed E-state index contributed by atoms with van der Waals surface area (Å²) in [4.78, 5) is 18.1. The zero-order valence-electron chi connectivity index (χ0n) is 19.7. The monoisotopic (exact) mass is 453 g/mol. The van der Waals surface area contributed by atoms with E-state index in [4.69, 9.17) is 10.00 Å². The van der Waals surface area contributed by atoms with Crippen molar-refractivity contribution in [3.63, 3.8) is 0 Å². The van der Waals surface area contributed by atoms with Crippen LogP contribution in [0.25, 0.3) is 0 Å². The van der Waals surface area contributed by atoms with E-state index < -0.39 is 0 Å². The number of piperidine rings is 1. The number of nitriles is 1. The Morgan fingerprint density at radius 1 is 1.00 bits per heavy atom. The molecule has 5 nitrogen and oxygen atoms in total. The first-order chi connectivity index (χ1) is 16.7. The van der Waals surface area contributed by atoms with Gasteiger partial charge >= 0.3 is 0 Å². The molecule has 0 spiro atoms. The fourth-order valence-electron chi connectivity index (χ4n) is 4.65. The van der Waals surface area contributed by atoms with Crippen LogP contribution in [-0.2, 0) is 13.0 Å². The van der Waals surface area contributed by atoms with Crippen LogP contribution in [-0.4, -0.2) is 48.5 Å². The molecule has 1 fully saturated rings. The number of nitrogens with zero attached hydrogens (tertiary/aromatic N) is 3. The van der Waals surface area contributed by atoms with Gasteiger partial charge in [-0.25, -0.2) is 0 Å². The summed E-state index contributed by atoms with van der Waals surface area (Å²) in [6.45, 7) is 3.37. The summed E-state index contributed by atoms with van der Waals surface area (Å²) in [5.74, 6) is 0.762. The van der Waals surface area contributed by atoms with E-state index in [1.54, 1.807) is 7.11 Å². The third-order valence-corrected chi connectivity index (χ3v) is 6.52. The van der Waals surface area contributed by atoms with Crippen LogP contribution >= 0.6 is 0 Å². The highest BCUT2D eigenvalue weighted by molar-refractivity contribution is 5.94. The molecule has 0 atom stereocenters. The van der Waals surface area contributed by atoms with Crippen LogP contribution in [0.4, 0.5) is 0 Å². The smallest absolute Gasteiger partial charge is 0.254 e. The highest BCUT2D eigenvalue weighted by atomic mass is 16.5. The van der Waals surface area contributed by atoms with Gasteiger partial charge in [0.05, 0.1) is 18.7 Å². The third kappa shape index (κ3) is 6.03. The predicted molar refractivity (Wildman–Crippen MR) is 134 cm³/mol. The number of carbonyl (C=O) groups excluding carboxylic acids is 1. The summed E-state index contributed by atoms with van der Waals surface area (Å²) in [7, 11) is 1.62. The third-order valence-electron chi connectivity index (χ3n) is 6.52. The molecule has 0 saturated carbocycles. The number of carbonyl (C=O) groups is 1. The second-order valence-corrected chi connectivity index (χ2v) is 8.79. The van der Waals surface area contributed by atoms with Crippen molar-refractivity contribution in [1.29, 1.82) is 5.26 Å². The Hall–Kier alpha value is -3.62. The summed E-state index contributed by atoms with van der Waals surface area (Å²) in [6.07, 6.45) is 2.70. The van der Waals surface area contributed by atoms with Crippen molar-refractivity contribution >= 4 is 5.91 Å². The lowest BCUT2D eigenvalue weighted by molar-refractivity contribution is 0.0568. The van der Waals surface area contributed by atoms with Gasteiger partial charge < -0.3 is 9.64 Å². The minimum Gasteiger partial charge on any atom is -0.497 e. The molecule has 1 amide bonds. The van der Waals surface area contributed by atoms with Crippen LogP contribution in [0.2, 0.25) is 0 Å². The molecule has 0 unspecified atom stereocenters. The number of likely N-dealkylation sites (tertiary alicyclic amines) is 1. The number of amides is 1. The van der Waals surface area contributed by atoms with Gasteiger partial charge in [-0.15, -0.1) is 0 Å². The SMILES string of the molecule is COc1cccc(C(=O)N(CCc2ccccc2)C2CCN(Cc3cccc(C#N)c3)CC2)c1. The van der Waals surface area contributed by atoms with Gasteiger partial charge in [0, 0.05) is 37.8 Å². The van der Waals surface area contributed by atoms with E-state index in [1.165, 1.54) is 5.56 Å². The maximum absolute atomic E-state index is 13.6. The van der Waals surface area contributed by atoms with Crippen molar-refractivity contribution in [3.8, 4) is 11.8 Å². The minimum atomic E-state index is 0.0648. The van der Waals surface area contributed by atoms with Crippen LogP contribution < -0.4 is 4.74 Å². The highest BCUT2D eigenvalue weighted by Crippen LogP contribution is 2.23. The Morgan fingerprint density at radius 3 is 2.47 bits per heavy atom. The summed E-state index contributed by atoms with van der Waals surface area (Å²) in [5.41, 5.74) is 3.76. The van der Waals surface area contributed by atoms with E-state index in [0.29, 0.717) is 23.4 Å². The van der Waals surface area contributed by atoms with Gasteiger partial charge in [0.25, 0.3) is 5.91 Å². The van der Waals surface area contributed by atoms with Gasteiger partial charge in [0.15, 0.2) is 0 Å². The Balaban J connectivity index is 1.45. The molecule has 1 heterocycles. The lowest BCUT2D eigenvalue weighted by atomic mass is 10.00. The molecular weight excluding hydrogens is 422 g/mol. The quantitative estimate of drug-likeness (QED) is 0.486. The maximum Gasteiger partial charge on any atom is 0.254 e. The van der Waals surface area contributed by atoms with Crippen molar-refractivity contribution < 1.29 is 9.53 Å². The molecule has 0 aliphatic carbocycles. The standard InChI is InChI=1S/C29H31N3O2/c1-34-28-12-6-11-26(20-28)29(33)32(18-13-23-7-3-2-4-8-23)27-14-16-31(17-15-27)22-25-10-5-9-24(19-25)21-30/h2-12,19-20,27H,13-18,22H2,1H3. The van der Waals surface area contributed by atoms with Crippen LogP contribution in [0.3, 0.4) is 0 Å². The Morgan fingerprint density at radius 2 is 1.74 bits per heavy atom. The van der Waals surface area contributed by atoms with E-state index in [-0.39, 0.29) is 11.9 Å². The van der Waals surface area contributed by atoms with Crippen LogP contribution in [0, 0.1) is 11.3 Å². The number of hydrogen-bond acceptors (Lipinski definition) is 4. The number of methoxy groups -OCH3 is 1. The Bertz CT molecular complexity index is 1130. The van der Waals surface area contributed by atoms with Gasteiger partial charge in [-0.1, -0.05) is 48.5 Å². The second-order valence-electron chi connectivity index (χ2n) is 8.79. The zero-order chi connectivity index (χ0) is 23.8. The van der Waals surface area contributed by atoms with Crippen LogP contribution in [0.15, 0.2) is 78.9 Å². The van der Waals surface area contributed by atoms with Crippen molar-refractivity contribution in [2.24, 2.45) is 0 Å². The molecule has 3 aromatic carbocycles. The first kappa shape index (κ1) is 23.5. The van der Waals surface area contributed by atoms with E-state index >= 15 is 0 Å². The normalized spacial score (nSPS) is 14.4. The van der Waals surface area contributed by atoms with Crippen molar-refractivity contribution in [2.75, 3.05) is 26.7 Å². The largest absolute Gasteiger partial charge is 0.497 e. The molecule has 0 aromatic heterocycles. The fraction of sp³-hybridized carbons (Fsp3) is 0.310. The van der Waals surface area contributed by atoms with Gasteiger partial charge in [-0.3, -0.25) is 9.69 Å². The number of ether oxygens (including phenoxy) is 1. The van der Waals surface area contributed by atoms with Crippen molar-refractivity contribution in [1.82, 2.24) is 9.80 Å². The minimum absolute atomic E-state index is 0.0648. The zero-order valence-corrected chi connectivity index (χ0v) is 19.7. The predicted octanol–water partition coefficient (Wildman–Crippen LogP) is 4.92. The molecule has 4 rings (SSSR count). The molecule has 3 aromatic rings. The van der Waals surface area contributed by atoms with E-state index in [1.807, 2.05) is 60.7 Å². The molecular formula is C29H31N3O2. The molecule has 0 radical (unpaired) electrons. The van der Waals surface area contributed by atoms with Gasteiger partial charge in [0.1, 0.15) is 5.75 Å². The average molecular weight is 454 g/mol. The Labute approximate surface area is 202 Å². The summed E-state index contributed by atoms with van der Waals surface area (Å²) < 4.78 is 5.35. The fourth-order valence-corrected chi connectivity index (χ4v) is 4.65. The molecule has 0 N–H and O–H groups in total. The second kappa shape index (κ2) is 11.5. The summed E-state index contributed by atoms with van der Waals surface area (Å²) in [5, 5.41) is 9.17. The number of benzene rings is 3.